The van der Waals surface area contributed by atoms with Crippen LogP contribution in [-0.4, -0.2) is 72.0 Å². The lowest BCUT2D eigenvalue weighted by Gasteiger charge is -2.32. The van der Waals surface area contributed by atoms with E-state index in [1.165, 1.54) is 12.4 Å². The molecule has 1 N–H and O–H groups in total. The molecule has 1 aromatic rings. The van der Waals surface area contributed by atoms with E-state index >= 15 is 0 Å². The number of nitrogens with zero attached hydrogens (tertiary/aromatic N) is 4. The molecule has 1 aliphatic rings. The van der Waals surface area contributed by atoms with Gasteiger partial charge in [0, 0.05) is 45.1 Å². The minimum Gasteiger partial charge on any atom is -0.351 e. The number of aromatic nitrogens is 2. The molecule has 0 unspecified atom stereocenters. The van der Waals surface area contributed by atoms with Gasteiger partial charge in [0.2, 0.25) is 0 Å². The van der Waals surface area contributed by atoms with Gasteiger partial charge >= 0.3 is 0 Å². The van der Waals surface area contributed by atoms with E-state index in [1.54, 1.807) is 6.20 Å². The summed E-state index contributed by atoms with van der Waals surface area (Å²) in [6.45, 7) is 6.44. The standard InChI is InChI=1S/C14H23N5O/c1-18-8-10-19(11-9-18)7-3-2-4-17-14(20)13-12-15-5-6-16-13/h5-6,12H,2-4,7-11H2,1H3,(H,17,20). The monoisotopic (exact) mass is 277 g/mol. The first-order valence-corrected chi connectivity index (χ1v) is 7.21. The lowest BCUT2D eigenvalue weighted by molar-refractivity contribution is 0.0946. The smallest absolute Gasteiger partial charge is 0.271 e. The van der Waals surface area contributed by atoms with Gasteiger partial charge in [0.1, 0.15) is 5.69 Å². The van der Waals surface area contributed by atoms with E-state index in [0.717, 1.165) is 45.6 Å². The third kappa shape index (κ3) is 4.86. The average Bonchev–Trinajstić information content (AvgIpc) is 2.49. The molecule has 2 heterocycles. The molecule has 0 aromatic carbocycles. The van der Waals surface area contributed by atoms with Crippen LogP contribution in [0.4, 0.5) is 0 Å². The fourth-order valence-electron chi connectivity index (χ4n) is 2.24. The molecule has 1 amide bonds. The van der Waals surface area contributed by atoms with Crippen molar-refractivity contribution in [2.45, 2.75) is 12.8 Å². The molecule has 0 saturated carbocycles. The minimum absolute atomic E-state index is 0.141. The highest BCUT2D eigenvalue weighted by molar-refractivity contribution is 5.91. The molecule has 20 heavy (non-hydrogen) atoms. The van der Waals surface area contributed by atoms with Crippen molar-refractivity contribution in [2.24, 2.45) is 0 Å². The zero-order valence-electron chi connectivity index (χ0n) is 12.1. The zero-order chi connectivity index (χ0) is 14.2. The average molecular weight is 277 g/mol. The molecule has 110 valence electrons. The summed E-state index contributed by atoms with van der Waals surface area (Å²) in [7, 11) is 2.17. The largest absolute Gasteiger partial charge is 0.351 e. The van der Waals surface area contributed by atoms with Crippen molar-refractivity contribution in [3.63, 3.8) is 0 Å². The maximum atomic E-state index is 11.7. The van der Waals surface area contributed by atoms with Gasteiger partial charge < -0.3 is 15.1 Å². The van der Waals surface area contributed by atoms with Crippen molar-refractivity contribution in [3.05, 3.63) is 24.3 Å². The zero-order valence-corrected chi connectivity index (χ0v) is 12.1. The maximum absolute atomic E-state index is 11.7. The summed E-state index contributed by atoms with van der Waals surface area (Å²) in [5.74, 6) is -0.141. The van der Waals surface area contributed by atoms with Crippen LogP contribution in [0.5, 0.6) is 0 Å². The lowest BCUT2D eigenvalue weighted by Crippen LogP contribution is -2.44. The quantitative estimate of drug-likeness (QED) is 0.755. The fourth-order valence-corrected chi connectivity index (χ4v) is 2.24. The minimum atomic E-state index is -0.141. The molecule has 0 atom stereocenters. The van der Waals surface area contributed by atoms with Crippen LogP contribution in [0.2, 0.25) is 0 Å². The Morgan fingerprint density at radius 3 is 2.75 bits per heavy atom. The van der Waals surface area contributed by atoms with Crippen LogP contribution in [0.15, 0.2) is 18.6 Å². The molecule has 1 aliphatic heterocycles. The molecule has 6 nitrogen and oxygen atoms in total. The van der Waals surface area contributed by atoms with Crippen molar-refractivity contribution >= 4 is 5.91 Å². The number of hydrogen-bond donors (Lipinski definition) is 1. The van der Waals surface area contributed by atoms with Crippen LogP contribution < -0.4 is 5.32 Å². The molecular weight excluding hydrogens is 254 g/mol. The van der Waals surface area contributed by atoms with E-state index in [1.807, 2.05) is 0 Å². The number of nitrogens with one attached hydrogen (secondary N) is 1. The van der Waals surface area contributed by atoms with E-state index in [9.17, 15) is 4.79 Å². The lowest BCUT2D eigenvalue weighted by atomic mass is 10.2. The number of unbranched alkanes of at least 4 members (excludes halogenated alkanes) is 1. The Balaban J connectivity index is 1.55. The van der Waals surface area contributed by atoms with E-state index < -0.39 is 0 Å². The summed E-state index contributed by atoms with van der Waals surface area (Å²) in [5.41, 5.74) is 0.381. The van der Waals surface area contributed by atoms with Gasteiger partial charge in [-0.25, -0.2) is 4.98 Å². The highest BCUT2D eigenvalue weighted by Crippen LogP contribution is 2.01. The van der Waals surface area contributed by atoms with E-state index in [0.29, 0.717) is 12.2 Å². The molecular formula is C14H23N5O. The second-order valence-corrected chi connectivity index (χ2v) is 5.20. The fraction of sp³-hybridized carbons (Fsp3) is 0.643. The summed E-state index contributed by atoms with van der Waals surface area (Å²) in [6, 6.07) is 0. The van der Waals surface area contributed by atoms with Gasteiger partial charge in [0.25, 0.3) is 5.91 Å². The van der Waals surface area contributed by atoms with Gasteiger partial charge in [-0.05, 0) is 26.4 Å². The predicted octanol–water partition coefficient (Wildman–Crippen LogP) is 0.234. The van der Waals surface area contributed by atoms with Crippen LogP contribution in [0.3, 0.4) is 0 Å². The van der Waals surface area contributed by atoms with Crippen molar-refractivity contribution in [1.82, 2.24) is 25.1 Å². The number of rotatable bonds is 6. The third-order valence-corrected chi connectivity index (χ3v) is 3.58. The second kappa shape index (κ2) is 7.91. The first-order valence-electron chi connectivity index (χ1n) is 7.21. The highest BCUT2D eigenvalue weighted by atomic mass is 16.1. The molecule has 1 aromatic heterocycles. The van der Waals surface area contributed by atoms with Crippen LogP contribution in [0.1, 0.15) is 23.3 Å². The Labute approximate surface area is 120 Å². The van der Waals surface area contributed by atoms with Crippen LogP contribution >= 0.6 is 0 Å². The Morgan fingerprint density at radius 1 is 1.25 bits per heavy atom. The van der Waals surface area contributed by atoms with Crippen LogP contribution in [0, 0.1) is 0 Å². The number of carbonyl (C=O) groups is 1. The normalized spacial score (nSPS) is 17.1. The summed E-state index contributed by atoms with van der Waals surface area (Å²) < 4.78 is 0. The Hall–Kier alpha value is -1.53. The Kier molecular flexibility index (Phi) is 5.88. The second-order valence-electron chi connectivity index (χ2n) is 5.20. The van der Waals surface area contributed by atoms with Gasteiger partial charge in [-0.15, -0.1) is 0 Å². The van der Waals surface area contributed by atoms with Gasteiger partial charge in [-0.3, -0.25) is 9.78 Å². The molecule has 1 saturated heterocycles. The maximum Gasteiger partial charge on any atom is 0.271 e. The third-order valence-electron chi connectivity index (χ3n) is 3.58. The molecule has 6 heteroatoms. The van der Waals surface area contributed by atoms with Gasteiger partial charge in [-0.2, -0.15) is 0 Å². The summed E-state index contributed by atoms with van der Waals surface area (Å²) >= 11 is 0. The van der Waals surface area contributed by atoms with Gasteiger partial charge in [0.05, 0.1) is 6.20 Å². The van der Waals surface area contributed by atoms with E-state index in [4.69, 9.17) is 0 Å². The number of amides is 1. The van der Waals surface area contributed by atoms with Gasteiger partial charge in [-0.1, -0.05) is 0 Å². The van der Waals surface area contributed by atoms with Crippen molar-refractivity contribution in [1.29, 1.82) is 0 Å². The molecule has 1 fully saturated rings. The van der Waals surface area contributed by atoms with E-state index in [-0.39, 0.29) is 5.91 Å². The van der Waals surface area contributed by atoms with Crippen molar-refractivity contribution in [3.8, 4) is 0 Å². The van der Waals surface area contributed by atoms with Gasteiger partial charge in [0.15, 0.2) is 0 Å². The molecule has 0 radical (unpaired) electrons. The van der Waals surface area contributed by atoms with Crippen molar-refractivity contribution in [2.75, 3.05) is 46.3 Å². The first-order chi connectivity index (χ1) is 9.75. The van der Waals surface area contributed by atoms with E-state index in [2.05, 4.69) is 32.1 Å². The summed E-state index contributed by atoms with van der Waals surface area (Å²) in [6.07, 6.45) is 6.69. The summed E-state index contributed by atoms with van der Waals surface area (Å²) in [4.78, 5) is 24.4. The molecule has 0 aliphatic carbocycles. The molecule has 0 bridgehead atoms. The first kappa shape index (κ1) is 14.9. The SMILES string of the molecule is CN1CCN(CCCCNC(=O)c2cnccn2)CC1. The Bertz CT molecular complexity index is 403. The number of likely N-dealkylation sites (N-methyl/N-ethyl adjacent to an activating group) is 1. The topological polar surface area (TPSA) is 61.4 Å². The number of piperazine rings is 1. The predicted molar refractivity (Wildman–Crippen MR) is 77.5 cm³/mol. The molecule has 0 spiro atoms. The number of carbonyl (C=O) groups excluding carboxylic acids is 1. The van der Waals surface area contributed by atoms with Crippen LogP contribution in [-0.2, 0) is 0 Å². The Morgan fingerprint density at radius 2 is 2.05 bits per heavy atom. The van der Waals surface area contributed by atoms with Crippen LogP contribution in [0.25, 0.3) is 0 Å². The van der Waals surface area contributed by atoms with Crippen molar-refractivity contribution < 1.29 is 4.79 Å². The summed E-state index contributed by atoms with van der Waals surface area (Å²) in [5, 5.41) is 2.88. The molecule has 2 rings (SSSR count). The number of hydrogen-bond acceptors (Lipinski definition) is 5. The highest BCUT2D eigenvalue weighted by Gasteiger charge is 2.12.